The SMILES string of the molecule is CCCCc1cccc(O[SiH2]CCCC[SiH2]Oc2cccc(CCCC)c2CCCC)c1CCCC. The van der Waals surface area contributed by atoms with Crippen molar-refractivity contribution in [2.75, 3.05) is 0 Å². The summed E-state index contributed by atoms with van der Waals surface area (Å²) in [6.07, 6.45) is 17.4. The van der Waals surface area contributed by atoms with E-state index in [1.165, 1.54) is 136 Å². The molecule has 0 aromatic heterocycles. The van der Waals surface area contributed by atoms with Gasteiger partial charge in [0.25, 0.3) is 0 Å². The Bertz CT molecular complexity index is 767. The van der Waals surface area contributed by atoms with E-state index in [1.54, 1.807) is 0 Å². The van der Waals surface area contributed by atoms with Gasteiger partial charge in [-0.05, 0) is 97.8 Å². The largest absolute Gasteiger partial charge is 0.549 e. The van der Waals surface area contributed by atoms with Crippen molar-refractivity contribution in [2.45, 2.75) is 130 Å². The quantitative estimate of drug-likeness (QED) is 0.120. The molecule has 0 aliphatic heterocycles. The first-order valence-electron chi connectivity index (χ1n) is 15.2. The zero-order valence-electron chi connectivity index (χ0n) is 24.0. The summed E-state index contributed by atoms with van der Waals surface area (Å²) in [7, 11) is -1.01. The van der Waals surface area contributed by atoms with Crippen molar-refractivity contribution in [1.82, 2.24) is 0 Å². The van der Waals surface area contributed by atoms with Gasteiger partial charge in [-0.25, -0.2) is 0 Å². The monoisotopic (exact) mass is 526 g/mol. The Morgan fingerprint density at radius 2 is 0.889 bits per heavy atom. The lowest BCUT2D eigenvalue weighted by atomic mass is 9.97. The van der Waals surface area contributed by atoms with Crippen LogP contribution in [0.1, 0.15) is 114 Å². The Morgan fingerprint density at radius 3 is 1.28 bits per heavy atom. The van der Waals surface area contributed by atoms with Gasteiger partial charge in [0.1, 0.15) is 11.5 Å². The molecule has 2 aromatic carbocycles. The van der Waals surface area contributed by atoms with Crippen LogP contribution in [0.5, 0.6) is 11.5 Å². The summed E-state index contributed by atoms with van der Waals surface area (Å²) >= 11 is 0. The van der Waals surface area contributed by atoms with Gasteiger partial charge in [0, 0.05) is 0 Å². The summed E-state index contributed by atoms with van der Waals surface area (Å²) in [6.45, 7) is 9.13. The number of hydrogen-bond donors (Lipinski definition) is 0. The summed E-state index contributed by atoms with van der Waals surface area (Å²) in [4.78, 5) is 0. The maximum absolute atomic E-state index is 6.45. The number of aryl methyl sites for hydroxylation is 2. The van der Waals surface area contributed by atoms with E-state index < -0.39 is 19.5 Å². The molecular formula is C32H54O2Si2. The molecular weight excluding hydrogens is 473 g/mol. The number of unbranched alkanes of at least 4 members (excludes halogenated alkanes) is 5. The van der Waals surface area contributed by atoms with Crippen LogP contribution in [0.4, 0.5) is 0 Å². The highest BCUT2D eigenvalue weighted by atomic mass is 28.2. The summed E-state index contributed by atoms with van der Waals surface area (Å²) in [6, 6.07) is 16.1. The molecule has 4 heteroatoms. The van der Waals surface area contributed by atoms with Gasteiger partial charge in [0.2, 0.25) is 19.5 Å². The van der Waals surface area contributed by atoms with Crippen molar-refractivity contribution in [3.8, 4) is 11.5 Å². The first kappa shape index (κ1) is 30.7. The van der Waals surface area contributed by atoms with Crippen LogP contribution in [0.15, 0.2) is 36.4 Å². The van der Waals surface area contributed by atoms with Gasteiger partial charge < -0.3 is 8.85 Å². The summed E-state index contributed by atoms with van der Waals surface area (Å²) in [5.74, 6) is 2.40. The predicted octanol–water partition coefficient (Wildman–Crippen LogP) is 8.30. The Hall–Kier alpha value is -1.53. The van der Waals surface area contributed by atoms with Crippen LogP contribution in [0.25, 0.3) is 0 Å². The Balaban J connectivity index is 1.76. The zero-order valence-corrected chi connectivity index (χ0v) is 26.8. The van der Waals surface area contributed by atoms with Crippen molar-refractivity contribution in [3.05, 3.63) is 58.7 Å². The molecule has 0 saturated heterocycles. The smallest absolute Gasteiger partial charge is 0.219 e. The molecule has 0 amide bonds. The van der Waals surface area contributed by atoms with Gasteiger partial charge in [-0.2, -0.15) is 0 Å². The highest BCUT2D eigenvalue weighted by molar-refractivity contribution is 6.29. The highest BCUT2D eigenvalue weighted by Gasteiger charge is 2.11. The van der Waals surface area contributed by atoms with Crippen molar-refractivity contribution in [3.63, 3.8) is 0 Å². The minimum Gasteiger partial charge on any atom is -0.549 e. The van der Waals surface area contributed by atoms with Gasteiger partial charge in [-0.3, -0.25) is 0 Å². The molecule has 0 aliphatic carbocycles. The molecule has 2 aromatic rings. The highest BCUT2D eigenvalue weighted by Crippen LogP contribution is 2.27. The van der Waals surface area contributed by atoms with E-state index in [9.17, 15) is 0 Å². The maximum Gasteiger partial charge on any atom is 0.219 e. The first-order chi connectivity index (χ1) is 17.7. The molecule has 0 bridgehead atoms. The predicted molar refractivity (Wildman–Crippen MR) is 165 cm³/mol. The van der Waals surface area contributed by atoms with E-state index >= 15 is 0 Å². The minimum atomic E-state index is -0.507. The molecule has 0 radical (unpaired) electrons. The van der Waals surface area contributed by atoms with Crippen LogP contribution in [0.2, 0.25) is 12.1 Å². The molecule has 0 heterocycles. The third-order valence-corrected chi connectivity index (χ3v) is 9.78. The summed E-state index contributed by atoms with van der Waals surface area (Å²) in [5.41, 5.74) is 6.05. The fourth-order valence-electron chi connectivity index (χ4n) is 4.89. The molecule has 0 N–H and O–H groups in total. The van der Waals surface area contributed by atoms with Crippen molar-refractivity contribution in [1.29, 1.82) is 0 Å². The van der Waals surface area contributed by atoms with Crippen LogP contribution in [0.3, 0.4) is 0 Å². The van der Waals surface area contributed by atoms with Crippen molar-refractivity contribution in [2.24, 2.45) is 0 Å². The molecule has 2 nitrogen and oxygen atoms in total. The summed E-state index contributed by atoms with van der Waals surface area (Å²) in [5, 5.41) is 0. The van der Waals surface area contributed by atoms with Crippen molar-refractivity contribution >= 4 is 19.5 Å². The second-order valence-corrected chi connectivity index (χ2v) is 13.1. The second kappa shape index (κ2) is 19.6. The molecule has 0 atom stereocenters. The number of hydrogen-bond acceptors (Lipinski definition) is 2. The molecule has 0 fully saturated rings. The average molecular weight is 527 g/mol. The van der Waals surface area contributed by atoms with E-state index in [0.717, 1.165) is 0 Å². The third kappa shape index (κ3) is 11.2. The van der Waals surface area contributed by atoms with Crippen LogP contribution in [-0.4, -0.2) is 19.5 Å². The van der Waals surface area contributed by atoms with E-state index in [0.29, 0.717) is 0 Å². The molecule has 0 saturated carbocycles. The number of rotatable bonds is 21. The van der Waals surface area contributed by atoms with E-state index in [-0.39, 0.29) is 0 Å². The first-order valence-corrected chi connectivity index (χ1v) is 18.4. The van der Waals surface area contributed by atoms with Gasteiger partial charge in [-0.1, -0.05) is 90.5 Å². The fourth-order valence-corrected chi connectivity index (χ4v) is 7.28. The standard InChI is InChI=1S/C32H54O2Si2/c1-5-9-17-27-19-15-23-31(29(27)21-11-7-3)33-35-25-13-14-26-36-34-32-24-16-20-28(18-10-6-2)30(32)22-12-8-4/h15-16,19-20,23-24H,5-14,17-18,21-22,25-26,35-36H2,1-4H3. The van der Waals surface area contributed by atoms with Gasteiger partial charge in [-0.15, -0.1) is 0 Å². The van der Waals surface area contributed by atoms with Gasteiger partial charge in [0.15, 0.2) is 0 Å². The Kier molecular flexibility index (Phi) is 16.7. The van der Waals surface area contributed by atoms with Crippen LogP contribution in [-0.2, 0) is 25.7 Å². The lowest BCUT2D eigenvalue weighted by molar-refractivity contribution is 0.565. The zero-order chi connectivity index (χ0) is 25.8. The van der Waals surface area contributed by atoms with Crippen LogP contribution < -0.4 is 8.85 Å². The van der Waals surface area contributed by atoms with Gasteiger partial charge in [0.05, 0.1) is 0 Å². The third-order valence-electron chi connectivity index (χ3n) is 7.17. The number of benzene rings is 2. The van der Waals surface area contributed by atoms with E-state index in [4.69, 9.17) is 8.85 Å². The van der Waals surface area contributed by atoms with Gasteiger partial charge >= 0.3 is 0 Å². The molecule has 0 spiro atoms. The van der Waals surface area contributed by atoms with Crippen LogP contribution >= 0.6 is 0 Å². The normalized spacial score (nSPS) is 11.8. The van der Waals surface area contributed by atoms with E-state index in [2.05, 4.69) is 64.1 Å². The molecule has 36 heavy (non-hydrogen) atoms. The molecule has 2 rings (SSSR count). The van der Waals surface area contributed by atoms with Crippen molar-refractivity contribution < 1.29 is 8.85 Å². The lowest BCUT2D eigenvalue weighted by Crippen LogP contribution is -2.08. The minimum absolute atomic E-state index is 0.507. The Morgan fingerprint density at radius 1 is 0.500 bits per heavy atom. The fraction of sp³-hybridized carbons (Fsp3) is 0.625. The molecule has 0 unspecified atom stereocenters. The average Bonchev–Trinajstić information content (AvgIpc) is 2.90. The van der Waals surface area contributed by atoms with E-state index in [1.807, 2.05) is 0 Å². The molecule has 202 valence electrons. The topological polar surface area (TPSA) is 18.5 Å². The maximum atomic E-state index is 6.45. The second-order valence-electron chi connectivity index (χ2n) is 10.3. The lowest BCUT2D eigenvalue weighted by Gasteiger charge is -2.17. The van der Waals surface area contributed by atoms with Crippen LogP contribution in [0, 0.1) is 0 Å². The Labute approximate surface area is 227 Å². The summed E-state index contributed by atoms with van der Waals surface area (Å²) < 4.78 is 12.9. The molecule has 0 aliphatic rings.